The van der Waals surface area contributed by atoms with Crippen LogP contribution in [-0.2, 0) is 0 Å². The van der Waals surface area contributed by atoms with Crippen LogP contribution in [-0.4, -0.2) is 11.5 Å². The maximum Gasteiger partial charge on any atom is 0.0346 e. The summed E-state index contributed by atoms with van der Waals surface area (Å²) in [6.07, 6.45) is 7.73. The minimum Gasteiger partial charge on any atom is -0.310 e. The second-order valence-corrected chi connectivity index (χ2v) is 5.25. The van der Waals surface area contributed by atoms with Crippen LogP contribution in [0, 0.1) is 5.92 Å². The molecular formula is C16H20N2. The van der Waals surface area contributed by atoms with E-state index in [4.69, 9.17) is 0 Å². The third-order valence-electron chi connectivity index (χ3n) is 4.18. The van der Waals surface area contributed by atoms with Crippen LogP contribution in [0.1, 0.15) is 37.8 Å². The quantitative estimate of drug-likeness (QED) is 0.866. The van der Waals surface area contributed by atoms with Gasteiger partial charge in [0, 0.05) is 23.8 Å². The van der Waals surface area contributed by atoms with Crippen molar-refractivity contribution in [2.45, 2.75) is 32.2 Å². The molecule has 0 spiro atoms. The van der Waals surface area contributed by atoms with E-state index in [2.05, 4.69) is 41.5 Å². The first-order chi connectivity index (χ1) is 8.88. The standard InChI is InChI=1S/C16H20N2/c1-2-12-6-9-18-16(10-12)15-5-3-4-13-11-17-8-7-14(13)15/h3-5,7-8,11-12,16,18H,2,6,9-10H2,1H3. The first-order valence-corrected chi connectivity index (χ1v) is 6.94. The van der Waals surface area contributed by atoms with Gasteiger partial charge < -0.3 is 5.32 Å². The van der Waals surface area contributed by atoms with E-state index in [0.29, 0.717) is 6.04 Å². The van der Waals surface area contributed by atoms with Crippen LogP contribution in [0.3, 0.4) is 0 Å². The third kappa shape index (κ3) is 2.13. The molecule has 0 amide bonds. The van der Waals surface area contributed by atoms with Crippen LogP contribution in [0.25, 0.3) is 10.8 Å². The highest BCUT2D eigenvalue weighted by Crippen LogP contribution is 2.32. The van der Waals surface area contributed by atoms with E-state index in [1.807, 2.05) is 12.4 Å². The summed E-state index contributed by atoms with van der Waals surface area (Å²) in [5, 5.41) is 6.27. The Balaban J connectivity index is 1.98. The van der Waals surface area contributed by atoms with Gasteiger partial charge >= 0.3 is 0 Å². The Morgan fingerprint density at radius 3 is 3.17 bits per heavy atom. The van der Waals surface area contributed by atoms with Gasteiger partial charge in [-0.05, 0) is 42.3 Å². The smallest absolute Gasteiger partial charge is 0.0346 e. The molecule has 0 radical (unpaired) electrons. The highest BCUT2D eigenvalue weighted by Gasteiger charge is 2.22. The van der Waals surface area contributed by atoms with Gasteiger partial charge in [-0.2, -0.15) is 0 Å². The molecule has 0 bridgehead atoms. The molecule has 2 aromatic rings. The summed E-state index contributed by atoms with van der Waals surface area (Å²) in [5.41, 5.74) is 1.44. The normalized spacial score (nSPS) is 24.3. The lowest BCUT2D eigenvalue weighted by atomic mass is 9.86. The SMILES string of the molecule is CCC1CCNC(c2cccc3cnccc23)C1. The van der Waals surface area contributed by atoms with Gasteiger partial charge in [-0.3, -0.25) is 4.98 Å². The average molecular weight is 240 g/mol. The Kier molecular flexibility index (Phi) is 3.28. The molecule has 1 N–H and O–H groups in total. The maximum atomic E-state index is 4.21. The largest absolute Gasteiger partial charge is 0.310 e. The molecule has 2 heterocycles. The van der Waals surface area contributed by atoms with Crippen molar-refractivity contribution in [3.63, 3.8) is 0 Å². The Bertz CT molecular complexity index is 530. The zero-order valence-electron chi connectivity index (χ0n) is 10.9. The molecule has 0 saturated carbocycles. The molecule has 1 aliphatic heterocycles. The van der Waals surface area contributed by atoms with E-state index in [0.717, 1.165) is 12.5 Å². The lowest BCUT2D eigenvalue weighted by molar-refractivity contribution is 0.300. The average Bonchev–Trinajstić information content (AvgIpc) is 2.47. The van der Waals surface area contributed by atoms with Crippen molar-refractivity contribution in [1.82, 2.24) is 10.3 Å². The molecule has 2 nitrogen and oxygen atoms in total. The van der Waals surface area contributed by atoms with Crippen LogP contribution in [0.15, 0.2) is 36.7 Å². The van der Waals surface area contributed by atoms with Gasteiger partial charge in [-0.25, -0.2) is 0 Å². The number of rotatable bonds is 2. The summed E-state index contributed by atoms with van der Waals surface area (Å²) < 4.78 is 0. The highest BCUT2D eigenvalue weighted by molar-refractivity contribution is 5.85. The van der Waals surface area contributed by atoms with Crippen molar-refractivity contribution in [2.24, 2.45) is 5.92 Å². The molecule has 1 aromatic heterocycles. The molecular weight excluding hydrogens is 220 g/mol. The highest BCUT2D eigenvalue weighted by atomic mass is 14.9. The fourth-order valence-electron chi connectivity index (χ4n) is 3.06. The van der Waals surface area contributed by atoms with Crippen molar-refractivity contribution >= 4 is 10.8 Å². The molecule has 18 heavy (non-hydrogen) atoms. The van der Waals surface area contributed by atoms with Crippen molar-refractivity contribution in [3.05, 3.63) is 42.2 Å². The first kappa shape index (κ1) is 11.7. The molecule has 94 valence electrons. The summed E-state index contributed by atoms with van der Waals surface area (Å²) in [4.78, 5) is 4.21. The van der Waals surface area contributed by atoms with Crippen molar-refractivity contribution < 1.29 is 0 Å². The zero-order chi connectivity index (χ0) is 12.4. The van der Waals surface area contributed by atoms with Gasteiger partial charge in [-0.15, -0.1) is 0 Å². The van der Waals surface area contributed by atoms with Gasteiger partial charge in [0.2, 0.25) is 0 Å². The number of nitrogens with zero attached hydrogens (tertiary/aromatic N) is 1. The van der Waals surface area contributed by atoms with Gasteiger partial charge in [0.15, 0.2) is 0 Å². The molecule has 1 saturated heterocycles. The van der Waals surface area contributed by atoms with Gasteiger partial charge in [0.1, 0.15) is 0 Å². The predicted molar refractivity (Wildman–Crippen MR) is 75.5 cm³/mol. The summed E-state index contributed by atoms with van der Waals surface area (Å²) in [6.45, 7) is 3.45. The van der Waals surface area contributed by atoms with Gasteiger partial charge in [-0.1, -0.05) is 31.5 Å². The fourth-order valence-corrected chi connectivity index (χ4v) is 3.06. The topological polar surface area (TPSA) is 24.9 Å². The van der Waals surface area contributed by atoms with E-state index >= 15 is 0 Å². The summed E-state index contributed by atoms with van der Waals surface area (Å²) in [6, 6.07) is 9.21. The van der Waals surface area contributed by atoms with Crippen LogP contribution in [0.5, 0.6) is 0 Å². The number of benzene rings is 1. The predicted octanol–water partition coefficient (Wildman–Crippen LogP) is 3.69. The Hall–Kier alpha value is -1.41. The van der Waals surface area contributed by atoms with Gasteiger partial charge in [0.25, 0.3) is 0 Å². The summed E-state index contributed by atoms with van der Waals surface area (Å²) in [7, 11) is 0. The van der Waals surface area contributed by atoms with Crippen LogP contribution >= 0.6 is 0 Å². The van der Waals surface area contributed by atoms with E-state index in [-0.39, 0.29) is 0 Å². The van der Waals surface area contributed by atoms with Crippen LogP contribution in [0.2, 0.25) is 0 Å². The molecule has 1 aliphatic rings. The van der Waals surface area contributed by atoms with E-state index in [9.17, 15) is 0 Å². The Morgan fingerprint density at radius 2 is 2.28 bits per heavy atom. The summed E-state index contributed by atoms with van der Waals surface area (Å²) >= 11 is 0. The number of nitrogens with one attached hydrogen (secondary N) is 1. The maximum absolute atomic E-state index is 4.21. The number of fused-ring (bicyclic) bond motifs is 1. The number of hydrogen-bond acceptors (Lipinski definition) is 2. The molecule has 0 aliphatic carbocycles. The van der Waals surface area contributed by atoms with Crippen molar-refractivity contribution in [1.29, 1.82) is 0 Å². The first-order valence-electron chi connectivity index (χ1n) is 6.94. The van der Waals surface area contributed by atoms with E-state index < -0.39 is 0 Å². The number of pyridine rings is 1. The monoisotopic (exact) mass is 240 g/mol. The number of hydrogen-bond donors (Lipinski definition) is 1. The number of piperidine rings is 1. The molecule has 2 heteroatoms. The third-order valence-corrected chi connectivity index (χ3v) is 4.18. The fraction of sp³-hybridized carbons (Fsp3) is 0.438. The second kappa shape index (κ2) is 5.07. The molecule has 1 aromatic carbocycles. The Morgan fingerprint density at radius 1 is 1.33 bits per heavy atom. The second-order valence-electron chi connectivity index (χ2n) is 5.25. The van der Waals surface area contributed by atoms with Crippen LogP contribution < -0.4 is 5.32 Å². The van der Waals surface area contributed by atoms with E-state index in [1.165, 1.54) is 35.6 Å². The van der Waals surface area contributed by atoms with E-state index in [1.54, 1.807) is 0 Å². The van der Waals surface area contributed by atoms with Gasteiger partial charge in [0.05, 0.1) is 0 Å². The minimum atomic E-state index is 0.509. The molecule has 2 atom stereocenters. The lowest BCUT2D eigenvalue weighted by Crippen LogP contribution is -2.31. The lowest BCUT2D eigenvalue weighted by Gasteiger charge is -2.30. The van der Waals surface area contributed by atoms with Crippen molar-refractivity contribution in [2.75, 3.05) is 6.54 Å². The number of aromatic nitrogens is 1. The van der Waals surface area contributed by atoms with Crippen LogP contribution in [0.4, 0.5) is 0 Å². The molecule has 3 rings (SSSR count). The zero-order valence-corrected chi connectivity index (χ0v) is 10.9. The molecule has 1 fully saturated rings. The van der Waals surface area contributed by atoms with Crippen molar-refractivity contribution in [3.8, 4) is 0 Å². The Labute approximate surface area is 108 Å². The summed E-state index contributed by atoms with van der Waals surface area (Å²) in [5.74, 6) is 0.869. The molecule has 2 unspecified atom stereocenters. The minimum absolute atomic E-state index is 0.509.